The maximum atomic E-state index is 12.5. The minimum Gasteiger partial charge on any atom is -0.312 e. The zero-order valence-corrected chi connectivity index (χ0v) is 19.0. The van der Waals surface area contributed by atoms with E-state index in [1.807, 2.05) is 19.1 Å². The van der Waals surface area contributed by atoms with Crippen LogP contribution in [0.5, 0.6) is 0 Å². The molecule has 1 unspecified atom stereocenters. The summed E-state index contributed by atoms with van der Waals surface area (Å²) in [5, 5.41) is 23.1. The van der Waals surface area contributed by atoms with Crippen molar-refractivity contribution in [2.45, 2.75) is 19.3 Å². The van der Waals surface area contributed by atoms with Gasteiger partial charge in [-0.1, -0.05) is 29.0 Å². The normalized spacial score (nSPS) is 15.9. The summed E-state index contributed by atoms with van der Waals surface area (Å²) in [5.41, 5.74) is 2.31. The predicted octanol–water partition coefficient (Wildman–Crippen LogP) is 4.58. The summed E-state index contributed by atoms with van der Waals surface area (Å²) in [5.74, 6) is -0.558. The summed E-state index contributed by atoms with van der Waals surface area (Å²) in [6, 6.07) is 11.4. The van der Waals surface area contributed by atoms with Gasteiger partial charge in [0, 0.05) is 47.8 Å². The van der Waals surface area contributed by atoms with Crippen molar-refractivity contribution in [3.8, 4) is 0 Å². The van der Waals surface area contributed by atoms with Gasteiger partial charge in [0.1, 0.15) is 5.01 Å². The molecular formula is C22H18ClN5O4S. The highest BCUT2D eigenvalue weighted by Crippen LogP contribution is 2.35. The van der Waals surface area contributed by atoms with Crippen LogP contribution in [-0.2, 0) is 9.59 Å². The lowest BCUT2D eigenvalue weighted by Gasteiger charge is -2.17. The van der Waals surface area contributed by atoms with Crippen molar-refractivity contribution < 1.29 is 14.5 Å². The summed E-state index contributed by atoms with van der Waals surface area (Å²) in [4.78, 5) is 36.6. The third kappa shape index (κ3) is 5.24. The van der Waals surface area contributed by atoms with Crippen LogP contribution in [0.2, 0.25) is 5.02 Å². The van der Waals surface area contributed by atoms with Gasteiger partial charge in [-0.3, -0.25) is 25.0 Å². The van der Waals surface area contributed by atoms with Crippen molar-refractivity contribution >= 4 is 57.3 Å². The molecule has 4 rings (SSSR count). The van der Waals surface area contributed by atoms with Gasteiger partial charge in [0.2, 0.25) is 16.9 Å². The van der Waals surface area contributed by atoms with E-state index in [2.05, 4.69) is 15.5 Å². The Balaban J connectivity index is 1.37. The number of nitrogens with zero attached hydrogens (tertiary/aromatic N) is 4. The SMILES string of the molecule is Cc1ccc(N2CC(c3nnc(NC(=O)/C=C/c4ccc([N+](=O)[O-])cc4)s3)CC2=O)cc1Cl. The number of amides is 2. The van der Waals surface area contributed by atoms with Crippen molar-refractivity contribution in [1.82, 2.24) is 10.2 Å². The minimum atomic E-state index is -0.486. The first kappa shape index (κ1) is 22.6. The molecule has 1 atom stereocenters. The molecule has 0 bridgehead atoms. The van der Waals surface area contributed by atoms with E-state index in [-0.39, 0.29) is 17.5 Å². The standard InChI is InChI=1S/C22H18ClN5O4S/c1-13-2-6-17(11-18(13)23)27-12-15(10-20(27)30)21-25-26-22(33-21)24-19(29)9-5-14-3-7-16(8-4-14)28(31)32/h2-9,11,15H,10,12H2,1H3,(H,24,26,29)/b9-5+. The second kappa shape index (κ2) is 9.47. The molecule has 0 aliphatic carbocycles. The quantitative estimate of drug-likeness (QED) is 0.311. The van der Waals surface area contributed by atoms with E-state index in [0.717, 1.165) is 11.3 Å². The number of nitro groups is 1. The maximum Gasteiger partial charge on any atom is 0.269 e. The maximum absolute atomic E-state index is 12.5. The van der Waals surface area contributed by atoms with Crippen LogP contribution in [0.25, 0.3) is 6.08 Å². The molecule has 33 heavy (non-hydrogen) atoms. The van der Waals surface area contributed by atoms with Crippen LogP contribution in [0.4, 0.5) is 16.5 Å². The molecule has 168 valence electrons. The van der Waals surface area contributed by atoms with E-state index in [0.29, 0.717) is 33.7 Å². The third-order valence-corrected chi connectivity index (χ3v) is 6.55. The zero-order chi connectivity index (χ0) is 23.5. The van der Waals surface area contributed by atoms with Gasteiger partial charge in [-0.05, 0) is 48.4 Å². The Bertz CT molecular complexity index is 1260. The van der Waals surface area contributed by atoms with E-state index >= 15 is 0 Å². The highest BCUT2D eigenvalue weighted by atomic mass is 35.5. The number of rotatable bonds is 6. The number of nitrogens with one attached hydrogen (secondary N) is 1. The average Bonchev–Trinajstić information content (AvgIpc) is 3.41. The number of hydrogen-bond acceptors (Lipinski definition) is 7. The van der Waals surface area contributed by atoms with E-state index in [1.165, 1.54) is 29.5 Å². The summed E-state index contributed by atoms with van der Waals surface area (Å²) in [7, 11) is 0. The van der Waals surface area contributed by atoms with Crippen LogP contribution in [-0.4, -0.2) is 33.5 Å². The molecule has 1 aliphatic rings. The van der Waals surface area contributed by atoms with Crippen LogP contribution >= 0.6 is 22.9 Å². The Labute approximate surface area is 197 Å². The second-order valence-corrected chi connectivity index (χ2v) is 8.87. The van der Waals surface area contributed by atoms with Gasteiger partial charge in [0.15, 0.2) is 0 Å². The molecule has 9 nitrogen and oxygen atoms in total. The van der Waals surface area contributed by atoms with E-state index < -0.39 is 10.8 Å². The Kier molecular flexibility index (Phi) is 6.47. The van der Waals surface area contributed by atoms with Gasteiger partial charge in [-0.15, -0.1) is 10.2 Å². The van der Waals surface area contributed by atoms with E-state index in [4.69, 9.17) is 11.6 Å². The number of carbonyl (C=O) groups excluding carboxylic acids is 2. The predicted molar refractivity (Wildman–Crippen MR) is 127 cm³/mol. The van der Waals surface area contributed by atoms with Crippen molar-refractivity contribution in [3.05, 3.63) is 79.8 Å². The fourth-order valence-corrected chi connectivity index (χ4v) is 4.36. The molecule has 2 aromatic carbocycles. The minimum absolute atomic E-state index is 0.0209. The molecular weight excluding hydrogens is 466 g/mol. The number of nitro benzene ring substituents is 1. The highest BCUT2D eigenvalue weighted by Gasteiger charge is 2.34. The lowest BCUT2D eigenvalue weighted by atomic mass is 10.1. The molecule has 1 aromatic heterocycles. The average molecular weight is 484 g/mol. The van der Waals surface area contributed by atoms with Crippen LogP contribution in [0, 0.1) is 17.0 Å². The van der Waals surface area contributed by atoms with Gasteiger partial charge in [0.25, 0.3) is 5.69 Å². The van der Waals surface area contributed by atoms with Crippen LogP contribution < -0.4 is 10.2 Å². The lowest BCUT2D eigenvalue weighted by Crippen LogP contribution is -2.24. The van der Waals surface area contributed by atoms with Gasteiger partial charge < -0.3 is 4.90 Å². The molecule has 0 radical (unpaired) electrons. The first-order valence-corrected chi connectivity index (χ1v) is 11.1. The number of aryl methyl sites for hydroxylation is 1. The Morgan fingerprint density at radius 3 is 2.73 bits per heavy atom. The molecule has 1 N–H and O–H groups in total. The Morgan fingerprint density at radius 1 is 1.27 bits per heavy atom. The van der Waals surface area contributed by atoms with Crippen molar-refractivity contribution in [1.29, 1.82) is 0 Å². The van der Waals surface area contributed by atoms with Crippen molar-refractivity contribution in [2.75, 3.05) is 16.8 Å². The van der Waals surface area contributed by atoms with Crippen molar-refractivity contribution in [3.63, 3.8) is 0 Å². The molecule has 1 aliphatic heterocycles. The molecule has 1 fully saturated rings. The topological polar surface area (TPSA) is 118 Å². The summed E-state index contributed by atoms with van der Waals surface area (Å²) < 4.78 is 0. The van der Waals surface area contributed by atoms with Crippen LogP contribution in [0.3, 0.4) is 0 Å². The molecule has 2 heterocycles. The molecule has 3 aromatic rings. The Morgan fingerprint density at radius 2 is 2.03 bits per heavy atom. The summed E-state index contributed by atoms with van der Waals surface area (Å²) >= 11 is 7.42. The van der Waals surface area contributed by atoms with Crippen LogP contribution in [0.15, 0.2) is 48.5 Å². The van der Waals surface area contributed by atoms with Crippen LogP contribution in [0.1, 0.15) is 28.5 Å². The fraction of sp³-hybridized carbons (Fsp3) is 0.182. The summed E-state index contributed by atoms with van der Waals surface area (Å²) in [6.45, 7) is 2.36. The first-order chi connectivity index (χ1) is 15.8. The number of halogens is 1. The summed E-state index contributed by atoms with van der Waals surface area (Å²) in [6.07, 6.45) is 3.15. The largest absolute Gasteiger partial charge is 0.312 e. The molecule has 2 amide bonds. The Hall–Kier alpha value is -3.63. The molecule has 0 spiro atoms. The number of benzene rings is 2. The van der Waals surface area contributed by atoms with Gasteiger partial charge >= 0.3 is 0 Å². The highest BCUT2D eigenvalue weighted by molar-refractivity contribution is 7.15. The number of hydrogen-bond donors (Lipinski definition) is 1. The number of carbonyl (C=O) groups is 2. The third-order valence-electron chi connectivity index (χ3n) is 5.14. The number of non-ortho nitro benzene ring substituents is 1. The second-order valence-electron chi connectivity index (χ2n) is 7.46. The number of anilines is 2. The molecule has 1 saturated heterocycles. The number of aromatic nitrogens is 2. The van der Waals surface area contributed by atoms with Gasteiger partial charge in [0.05, 0.1) is 4.92 Å². The zero-order valence-electron chi connectivity index (χ0n) is 17.4. The monoisotopic (exact) mass is 483 g/mol. The van der Waals surface area contributed by atoms with E-state index in [9.17, 15) is 19.7 Å². The fourth-order valence-electron chi connectivity index (χ4n) is 3.35. The van der Waals surface area contributed by atoms with E-state index in [1.54, 1.807) is 29.2 Å². The lowest BCUT2D eigenvalue weighted by molar-refractivity contribution is -0.384. The van der Waals surface area contributed by atoms with Gasteiger partial charge in [-0.25, -0.2) is 0 Å². The molecule has 0 saturated carbocycles. The first-order valence-electron chi connectivity index (χ1n) is 9.93. The molecule has 11 heteroatoms. The van der Waals surface area contributed by atoms with Gasteiger partial charge in [-0.2, -0.15) is 0 Å². The van der Waals surface area contributed by atoms with Crippen molar-refractivity contribution in [2.24, 2.45) is 0 Å². The smallest absolute Gasteiger partial charge is 0.269 e.